The van der Waals surface area contributed by atoms with E-state index in [0.717, 1.165) is 0 Å². The lowest BCUT2D eigenvalue weighted by atomic mass is 10.2. The summed E-state index contributed by atoms with van der Waals surface area (Å²) in [6, 6.07) is 0. The third-order valence-corrected chi connectivity index (χ3v) is 2.54. The minimum Gasteiger partial charge on any atom is -0.457 e. The molecule has 0 heterocycles. The van der Waals surface area contributed by atoms with Gasteiger partial charge in [-0.1, -0.05) is 37.5 Å². The molecule has 0 aromatic carbocycles. The lowest BCUT2D eigenvalue weighted by Gasteiger charge is -2.17. The lowest BCUT2D eigenvalue weighted by Crippen LogP contribution is -2.22. The molecular weight excluding hydrogens is 204 g/mol. The number of allylic oxidation sites excluding steroid dienone is 2. The highest BCUT2D eigenvalue weighted by Crippen LogP contribution is 2.07. The molecule has 0 saturated heterocycles. The van der Waals surface area contributed by atoms with Crippen LogP contribution in [0.5, 0.6) is 0 Å². The molecule has 0 aliphatic carbocycles. The van der Waals surface area contributed by atoms with Gasteiger partial charge in [-0.2, -0.15) is 0 Å². The number of carbonyl (C=O) groups excluding carboxylic acids is 1. The highest BCUT2D eigenvalue weighted by molar-refractivity contribution is 6.80. The fraction of sp³-hybridized carbons (Fsp3) is 0.583. The van der Waals surface area contributed by atoms with E-state index in [1.807, 2.05) is 26.8 Å². The number of carbonyl (C=O) groups is 1. The molecule has 86 valence electrons. The van der Waals surface area contributed by atoms with E-state index >= 15 is 0 Å². The predicted octanol–water partition coefficient (Wildman–Crippen LogP) is 3.32. The van der Waals surface area contributed by atoms with Gasteiger partial charge in [-0.25, -0.2) is 4.79 Å². The van der Waals surface area contributed by atoms with Gasteiger partial charge in [0.2, 0.25) is 0 Å². The van der Waals surface area contributed by atoms with Crippen LogP contribution in [-0.2, 0) is 9.53 Å². The zero-order chi connectivity index (χ0) is 12.1. The van der Waals surface area contributed by atoms with Crippen molar-refractivity contribution >= 4 is 14.0 Å². The van der Waals surface area contributed by atoms with Crippen LogP contribution in [0.25, 0.3) is 0 Å². The van der Waals surface area contributed by atoms with Gasteiger partial charge in [0.25, 0.3) is 0 Å². The summed E-state index contributed by atoms with van der Waals surface area (Å²) in [7, 11) is -1.16. The first-order valence-corrected chi connectivity index (χ1v) is 8.77. The van der Waals surface area contributed by atoms with Gasteiger partial charge >= 0.3 is 5.97 Å². The Hall–Kier alpha value is -0.833. The zero-order valence-electron chi connectivity index (χ0n) is 10.6. The molecule has 0 bridgehead atoms. The number of rotatable bonds is 3. The van der Waals surface area contributed by atoms with Crippen LogP contribution >= 0.6 is 0 Å². The van der Waals surface area contributed by atoms with E-state index in [1.165, 1.54) is 6.08 Å². The molecule has 0 radical (unpaired) electrons. The Morgan fingerprint density at radius 1 is 1.13 bits per heavy atom. The number of ether oxygens (including phenoxy) is 1. The zero-order valence-corrected chi connectivity index (χ0v) is 11.6. The van der Waals surface area contributed by atoms with E-state index in [9.17, 15) is 4.79 Å². The largest absolute Gasteiger partial charge is 0.457 e. The molecule has 0 N–H and O–H groups in total. The average Bonchev–Trinajstić information content (AvgIpc) is 1.92. The fourth-order valence-electron chi connectivity index (χ4n) is 0.814. The molecule has 0 saturated carbocycles. The Morgan fingerprint density at radius 3 is 2.07 bits per heavy atom. The molecule has 0 amide bonds. The van der Waals surface area contributed by atoms with Crippen LogP contribution in [0.4, 0.5) is 0 Å². The predicted molar refractivity (Wildman–Crippen MR) is 67.5 cm³/mol. The van der Waals surface area contributed by atoms with E-state index in [1.54, 1.807) is 6.08 Å². The maximum Gasteiger partial charge on any atom is 0.331 e. The van der Waals surface area contributed by atoms with Crippen molar-refractivity contribution in [3.63, 3.8) is 0 Å². The second kappa shape index (κ2) is 5.31. The van der Waals surface area contributed by atoms with E-state index in [-0.39, 0.29) is 5.97 Å². The third-order valence-electron chi connectivity index (χ3n) is 1.35. The van der Waals surface area contributed by atoms with Crippen molar-refractivity contribution in [1.29, 1.82) is 0 Å². The maximum atomic E-state index is 11.3. The van der Waals surface area contributed by atoms with Gasteiger partial charge in [0, 0.05) is 6.08 Å². The Morgan fingerprint density at radius 2 is 1.67 bits per heavy atom. The first kappa shape index (κ1) is 14.2. The normalized spacial score (nSPS) is 13.7. The molecule has 0 aliphatic heterocycles. The minimum atomic E-state index is -1.16. The van der Waals surface area contributed by atoms with Crippen molar-refractivity contribution in [3.8, 4) is 0 Å². The summed E-state index contributed by atoms with van der Waals surface area (Å²) in [5.41, 5.74) is 1.76. The second-order valence-electron chi connectivity index (χ2n) is 5.62. The van der Waals surface area contributed by atoms with Gasteiger partial charge in [-0.3, -0.25) is 0 Å². The highest BCUT2D eigenvalue weighted by Gasteiger charge is 2.13. The van der Waals surface area contributed by atoms with E-state index in [2.05, 4.69) is 25.3 Å². The van der Waals surface area contributed by atoms with Gasteiger partial charge < -0.3 is 4.74 Å². The molecule has 0 aliphatic rings. The molecule has 0 aromatic heterocycles. The number of esters is 1. The molecule has 0 atom stereocenters. The standard InChI is InChI=1S/C12H22O2Si/c1-12(2,3)14-11(13)9-7-8-10-15(4,5)6/h7-10H,1-6H3/b9-7+,10-8+. The minimum absolute atomic E-state index is 0.289. The summed E-state index contributed by atoms with van der Waals surface area (Å²) in [4.78, 5) is 11.3. The first-order chi connectivity index (χ1) is 6.60. The summed E-state index contributed by atoms with van der Waals surface area (Å²) in [5, 5.41) is 0. The Balaban J connectivity index is 4.09. The van der Waals surface area contributed by atoms with Gasteiger partial charge in [0.1, 0.15) is 5.60 Å². The quantitative estimate of drug-likeness (QED) is 0.319. The fourth-order valence-corrected chi connectivity index (χ4v) is 1.50. The summed E-state index contributed by atoms with van der Waals surface area (Å²) in [5.74, 6) is -0.289. The van der Waals surface area contributed by atoms with Gasteiger partial charge in [0.15, 0.2) is 0 Å². The topological polar surface area (TPSA) is 26.3 Å². The van der Waals surface area contributed by atoms with Crippen molar-refractivity contribution in [2.24, 2.45) is 0 Å². The summed E-state index contributed by atoms with van der Waals surface area (Å²) < 4.78 is 5.12. The highest BCUT2D eigenvalue weighted by atomic mass is 28.3. The average molecular weight is 226 g/mol. The van der Waals surface area contributed by atoms with Crippen LogP contribution in [0.2, 0.25) is 19.6 Å². The molecule has 15 heavy (non-hydrogen) atoms. The smallest absolute Gasteiger partial charge is 0.331 e. The first-order valence-electron chi connectivity index (χ1n) is 5.19. The third kappa shape index (κ3) is 11.1. The number of hydrogen-bond acceptors (Lipinski definition) is 2. The van der Waals surface area contributed by atoms with Crippen LogP contribution in [-0.4, -0.2) is 19.6 Å². The van der Waals surface area contributed by atoms with Crippen molar-refractivity contribution in [2.45, 2.75) is 46.0 Å². The van der Waals surface area contributed by atoms with E-state index in [0.29, 0.717) is 0 Å². The van der Waals surface area contributed by atoms with Crippen molar-refractivity contribution < 1.29 is 9.53 Å². The monoisotopic (exact) mass is 226 g/mol. The molecule has 0 unspecified atom stereocenters. The summed E-state index contributed by atoms with van der Waals surface area (Å²) in [6.45, 7) is 12.3. The summed E-state index contributed by atoms with van der Waals surface area (Å²) in [6.07, 6.45) is 5.13. The second-order valence-corrected chi connectivity index (χ2v) is 10.7. The molecule has 0 fully saturated rings. The van der Waals surface area contributed by atoms with Crippen LogP contribution < -0.4 is 0 Å². The Kier molecular flexibility index (Phi) is 5.01. The maximum absolute atomic E-state index is 11.3. The lowest BCUT2D eigenvalue weighted by molar-refractivity contribution is -0.148. The van der Waals surface area contributed by atoms with Gasteiger partial charge in [0.05, 0.1) is 8.07 Å². The van der Waals surface area contributed by atoms with Crippen LogP contribution in [0.3, 0.4) is 0 Å². The van der Waals surface area contributed by atoms with E-state index < -0.39 is 13.7 Å². The molecular formula is C12H22O2Si. The van der Waals surface area contributed by atoms with Crippen molar-refractivity contribution in [2.75, 3.05) is 0 Å². The van der Waals surface area contributed by atoms with Crippen molar-refractivity contribution in [3.05, 3.63) is 23.9 Å². The molecule has 0 rings (SSSR count). The van der Waals surface area contributed by atoms with Crippen LogP contribution in [0, 0.1) is 0 Å². The molecule has 0 aromatic rings. The van der Waals surface area contributed by atoms with Gasteiger partial charge in [-0.15, -0.1) is 0 Å². The number of hydrogen-bond donors (Lipinski definition) is 0. The van der Waals surface area contributed by atoms with Crippen LogP contribution in [0.15, 0.2) is 23.9 Å². The molecule has 3 heteroatoms. The Bertz CT molecular complexity index is 264. The SMILES string of the molecule is CC(C)(C)OC(=O)/C=C/C=C/[Si](C)(C)C. The molecule has 0 spiro atoms. The Labute approximate surface area is 94.0 Å². The van der Waals surface area contributed by atoms with Gasteiger partial charge in [-0.05, 0) is 20.8 Å². The summed E-state index contributed by atoms with van der Waals surface area (Å²) >= 11 is 0. The van der Waals surface area contributed by atoms with Crippen LogP contribution in [0.1, 0.15) is 20.8 Å². The van der Waals surface area contributed by atoms with E-state index in [4.69, 9.17) is 4.74 Å². The van der Waals surface area contributed by atoms with Crippen molar-refractivity contribution in [1.82, 2.24) is 0 Å². The molecule has 2 nitrogen and oxygen atoms in total.